The molecule has 1 saturated heterocycles. The molecule has 4 rings (SSSR count). The van der Waals surface area contributed by atoms with Gasteiger partial charge in [0.15, 0.2) is 5.60 Å². The molecule has 1 heterocycles. The quantitative estimate of drug-likeness (QED) is 0.843. The number of esters is 1. The minimum Gasteiger partial charge on any atom is -0.491 e. The number of hydrogen-bond donors (Lipinski definition) is 2. The van der Waals surface area contributed by atoms with Gasteiger partial charge in [0.25, 0.3) is 0 Å². The van der Waals surface area contributed by atoms with Gasteiger partial charge in [0.2, 0.25) is 0 Å². The van der Waals surface area contributed by atoms with Crippen LogP contribution in [-0.4, -0.2) is 34.0 Å². The van der Waals surface area contributed by atoms with Crippen LogP contribution in [0, 0.1) is 0 Å². The molecule has 1 fully saturated rings. The highest BCUT2D eigenvalue weighted by atomic mass is 16.6. The van der Waals surface area contributed by atoms with Crippen LogP contribution < -0.4 is 0 Å². The molecule has 2 aromatic rings. The highest BCUT2D eigenvalue weighted by molar-refractivity contribution is 5.85. The van der Waals surface area contributed by atoms with Gasteiger partial charge in [0, 0.05) is 6.42 Å². The van der Waals surface area contributed by atoms with Gasteiger partial charge >= 0.3 is 5.97 Å². The van der Waals surface area contributed by atoms with Crippen molar-refractivity contribution in [3.63, 3.8) is 0 Å². The molecule has 1 aliphatic carbocycles. The third-order valence-corrected chi connectivity index (χ3v) is 4.37. The first-order chi connectivity index (χ1) is 11.0. The fraction of sp³-hybridized carbons (Fsp3) is 0.278. The Bertz CT molecular complexity index is 812. The van der Waals surface area contributed by atoms with Crippen LogP contribution in [0.5, 0.6) is 0 Å². The number of aliphatic hydroxyl groups is 2. The second-order valence-corrected chi connectivity index (χ2v) is 6.03. The zero-order chi connectivity index (χ0) is 16.0. The smallest absolute Gasteiger partial charge is 0.342 e. The molecule has 0 aromatic heterocycles. The summed E-state index contributed by atoms with van der Waals surface area (Å²) in [6, 6.07) is 14.0. The molecule has 23 heavy (non-hydrogen) atoms. The minimum absolute atomic E-state index is 0.0653. The van der Waals surface area contributed by atoms with E-state index in [1.165, 1.54) is 6.08 Å². The lowest BCUT2D eigenvalue weighted by Crippen LogP contribution is -2.38. The summed E-state index contributed by atoms with van der Waals surface area (Å²) in [7, 11) is 0. The van der Waals surface area contributed by atoms with Crippen molar-refractivity contribution >= 4 is 16.7 Å². The summed E-state index contributed by atoms with van der Waals surface area (Å²) in [6.07, 6.45) is -0.452. The molecule has 2 bridgehead atoms. The van der Waals surface area contributed by atoms with Gasteiger partial charge in [-0.05, 0) is 28.5 Å². The van der Waals surface area contributed by atoms with Crippen LogP contribution >= 0.6 is 0 Å². The van der Waals surface area contributed by atoms with Crippen molar-refractivity contribution in [1.29, 1.82) is 0 Å². The number of benzene rings is 2. The highest BCUT2D eigenvalue weighted by Crippen LogP contribution is 2.37. The van der Waals surface area contributed by atoms with Crippen molar-refractivity contribution in [3.05, 3.63) is 59.9 Å². The second kappa shape index (κ2) is 5.08. The molecule has 2 aromatic carbocycles. The average molecular weight is 312 g/mol. The van der Waals surface area contributed by atoms with Crippen molar-refractivity contribution in [2.75, 3.05) is 0 Å². The summed E-state index contributed by atoms with van der Waals surface area (Å²) in [5.41, 5.74) is -0.739. The highest BCUT2D eigenvalue weighted by Gasteiger charge is 2.54. The molecular formula is C18H16O5. The second-order valence-electron chi connectivity index (χ2n) is 6.03. The van der Waals surface area contributed by atoms with Gasteiger partial charge in [-0.15, -0.1) is 0 Å². The van der Waals surface area contributed by atoms with Gasteiger partial charge in [-0.1, -0.05) is 36.4 Å². The van der Waals surface area contributed by atoms with Crippen molar-refractivity contribution < 1.29 is 24.5 Å². The van der Waals surface area contributed by atoms with E-state index in [2.05, 4.69) is 0 Å². The van der Waals surface area contributed by atoms with Crippen LogP contribution in [0.3, 0.4) is 0 Å². The van der Waals surface area contributed by atoms with Gasteiger partial charge in [-0.3, -0.25) is 0 Å². The Kier molecular flexibility index (Phi) is 3.14. The molecule has 2 N–H and O–H groups in total. The van der Waals surface area contributed by atoms with E-state index in [1.807, 2.05) is 42.5 Å². The first-order valence-corrected chi connectivity index (χ1v) is 7.50. The zero-order valence-corrected chi connectivity index (χ0v) is 12.3. The Hall–Kier alpha value is -2.37. The van der Waals surface area contributed by atoms with E-state index in [1.54, 1.807) is 0 Å². The summed E-state index contributed by atoms with van der Waals surface area (Å²) in [6.45, 7) is 0.241. The van der Waals surface area contributed by atoms with Crippen molar-refractivity contribution in [2.45, 2.75) is 30.8 Å². The lowest BCUT2D eigenvalue weighted by atomic mass is 9.89. The van der Waals surface area contributed by atoms with Crippen LogP contribution in [0.15, 0.2) is 54.3 Å². The van der Waals surface area contributed by atoms with Crippen molar-refractivity contribution in [3.8, 4) is 0 Å². The van der Waals surface area contributed by atoms with E-state index in [0.717, 1.165) is 16.3 Å². The van der Waals surface area contributed by atoms with E-state index in [0.29, 0.717) is 0 Å². The zero-order valence-electron chi connectivity index (χ0n) is 12.3. The summed E-state index contributed by atoms with van der Waals surface area (Å²) in [4.78, 5) is 11.6. The standard InChI is InChI=1S/C18H16O5/c19-16-14(8-18(21)9-15(16)23-17(18)20)22-10-11-5-6-12-3-1-2-4-13(12)7-11/h1-8,15-16,19,21H,9-10H2/t15-,16-,18+/m1/s1. The normalized spacial score (nSPS) is 29.3. The largest absolute Gasteiger partial charge is 0.491 e. The van der Waals surface area contributed by atoms with Crippen LogP contribution in [-0.2, 0) is 20.9 Å². The number of fused-ring (bicyclic) bond motifs is 3. The van der Waals surface area contributed by atoms with Gasteiger partial charge in [-0.2, -0.15) is 0 Å². The van der Waals surface area contributed by atoms with Crippen molar-refractivity contribution in [2.24, 2.45) is 0 Å². The molecule has 3 atom stereocenters. The molecule has 0 unspecified atom stereocenters. The van der Waals surface area contributed by atoms with E-state index in [-0.39, 0.29) is 18.8 Å². The number of carbonyl (C=O) groups is 1. The maximum absolute atomic E-state index is 11.6. The predicted molar refractivity (Wildman–Crippen MR) is 82.3 cm³/mol. The summed E-state index contributed by atoms with van der Waals surface area (Å²) in [5.74, 6) is -0.548. The molecule has 5 heteroatoms. The Labute approximate surface area is 132 Å². The monoisotopic (exact) mass is 312 g/mol. The Morgan fingerprint density at radius 1 is 1.22 bits per heavy atom. The molecular weight excluding hydrogens is 296 g/mol. The fourth-order valence-corrected chi connectivity index (χ4v) is 3.09. The maximum atomic E-state index is 11.6. The van der Waals surface area contributed by atoms with Crippen LogP contribution in [0.1, 0.15) is 12.0 Å². The molecule has 5 nitrogen and oxygen atoms in total. The Morgan fingerprint density at radius 3 is 2.83 bits per heavy atom. The van der Waals surface area contributed by atoms with E-state index in [9.17, 15) is 15.0 Å². The lowest BCUT2D eigenvalue weighted by molar-refractivity contribution is -0.152. The van der Waals surface area contributed by atoms with Crippen LogP contribution in [0.2, 0.25) is 0 Å². The molecule has 118 valence electrons. The van der Waals surface area contributed by atoms with Gasteiger partial charge in [-0.25, -0.2) is 4.79 Å². The number of hydrogen-bond acceptors (Lipinski definition) is 5. The molecule has 0 amide bonds. The van der Waals surface area contributed by atoms with Gasteiger partial charge in [0.1, 0.15) is 24.6 Å². The van der Waals surface area contributed by atoms with E-state index in [4.69, 9.17) is 9.47 Å². The SMILES string of the molecule is O=C1O[C@@H]2C[C@@]1(O)C=C(OCc1ccc3ccccc3c1)[C@H]2O. The Balaban J connectivity index is 1.55. The molecule has 0 spiro atoms. The molecule has 2 aliphatic rings. The Morgan fingerprint density at radius 2 is 2.00 bits per heavy atom. The van der Waals surface area contributed by atoms with Crippen molar-refractivity contribution in [1.82, 2.24) is 0 Å². The van der Waals surface area contributed by atoms with Gasteiger partial charge in [0.05, 0.1) is 0 Å². The van der Waals surface area contributed by atoms with Gasteiger partial charge < -0.3 is 19.7 Å². The topological polar surface area (TPSA) is 76.0 Å². The van der Waals surface area contributed by atoms with Crippen LogP contribution in [0.25, 0.3) is 10.8 Å². The van der Waals surface area contributed by atoms with E-state index >= 15 is 0 Å². The summed E-state index contributed by atoms with van der Waals surface area (Å²) in [5, 5.41) is 22.6. The number of rotatable bonds is 3. The number of aliphatic hydroxyl groups excluding tert-OH is 1. The first-order valence-electron chi connectivity index (χ1n) is 7.50. The third kappa shape index (κ3) is 2.38. The third-order valence-electron chi connectivity index (χ3n) is 4.37. The summed E-state index contributed by atoms with van der Waals surface area (Å²) < 4.78 is 10.6. The average Bonchev–Trinajstić information content (AvgIpc) is 2.81. The summed E-state index contributed by atoms with van der Waals surface area (Å²) >= 11 is 0. The lowest BCUT2D eigenvalue weighted by Gasteiger charge is -2.26. The fourth-order valence-electron chi connectivity index (χ4n) is 3.09. The minimum atomic E-state index is -1.68. The van der Waals surface area contributed by atoms with E-state index < -0.39 is 23.8 Å². The van der Waals surface area contributed by atoms with Crippen LogP contribution in [0.4, 0.5) is 0 Å². The number of carbonyl (C=O) groups excluding carboxylic acids is 1. The first kappa shape index (κ1) is 14.2. The number of ether oxygens (including phenoxy) is 2. The molecule has 1 aliphatic heterocycles. The predicted octanol–water partition coefficient (Wildman–Crippen LogP) is 1.66. The maximum Gasteiger partial charge on any atom is 0.342 e. The molecule has 0 radical (unpaired) electrons. The molecule has 0 saturated carbocycles.